The third-order valence-electron chi connectivity index (χ3n) is 2.46. The molecular weight excluding hydrogens is 262 g/mol. The summed E-state index contributed by atoms with van der Waals surface area (Å²) in [7, 11) is 0. The molecule has 6 heteroatoms. The van der Waals surface area contributed by atoms with Gasteiger partial charge in [0.25, 0.3) is 5.09 Å². The number of nitrogens with zero attached hydrogens (tertiary/aromatic N) is 1. The Hall–Kier alpha value is -2.89. The van der Waals surface area contributed by atoms with Crippen LogP contribution < -0.4 is 4.74 Å². The second kappa shape index (κ2) is 6.33. The van der Waals surface area contributed by atoms with Gasteiger partial charge in [-0.15, -0.1) is 10.1 Å². The lowest BCUT2D eigenvalue weighted by atomic mass is 10.2. The Balaban J connectivity index is 2.04. The van der Waals surface area contributed by atoms with Crippen LogP contribution in [-0.4, -0.2) is 11.1 Å². The minimum atomic E-state index is -0.872. The first-order chi connectivity index (χ1) is 9.65. The van der Waals surface area contributed by atoms with Gasteiger partial charge in [-0.25, -0.2) is 4.79 Å². The molecule has 0 atom stereocenters. The van der Waals surface area contributed by atoms with Crippen molar-refractivity contribution in [1.29, 1.82) is 0 Å². The second-order valence-electron chi connectivity index (χ2n) is 3.90. The van der Waals surface area contributed by atoms with Crippen LogP contribution >= 0.6 is 0 Å². The fourth-order valence-electron chi connectivity index (χ4n) is 1.57. The molecule has 2 aromatic carbocycles. The molecule has 0 aliphatic heterocycles. The molecule has 0 unspecified atom stereocenters. The van der Waals surface area contributed by atoms with Gasteiger partial charge in [-0.3, -0.25) is 0 Å². The van der Waals surface area contributed by atoms with Gasteiger partial charge in [0.05, 0.1) is 5.56 Å². The first-order valence-electron chi connectivity index (χ1n) is 5.78. The largest absolute Gasteiger partial charge is 0.423 e. The molecule has 2 aromatic rings. The first kappa shape index (κ1) is 13.5. The number of esters is 1. The Labute approximate surface area is 114 Å². The summed E-state index contributed by atoms with van der Waals surface area (Å²) in [4.78, 5) is 26.2. The standard InChI is InChI=1S/C14H11NO5/c16-14(12-6-2-1-3-7-12)20-13-8-4-5-11(9-13)10-19-15(17)18/h1-9H,10H2. The molecule has 0 spiro atoms. The van der Waals surface area contributed by atoms with Gasteiger partial charge in [0.1, 0.15) is 12.4 Å². The number of carbonyl (C=O) groups is 1. The summed E-state index contributed by atoms with van der Waals surface area (Å²) < 4.78 is 5.18. The number of hydrogen-bond donors (Lipinski definition) is 0. The number of carbonyl (C=O) groups excluding carboxylic acids is 1. The zero-order valence-corrected chi connectivity index (χ0v) is 10.4. The molecule has 0 aliphatic rings. The van der Waals surface area contributed by atoms with Gasteiger partial charge in [0.15, 0.2) is 0 Å². The molecular formula is C14H11NO5. The van der Waals surface area contributed by atoms with E-state index < -0.39 is 11.1 Å². The Kier molecular flexibility index (Phi) is 4.28. The summed E-state index contributed by atoms with van der Waals surface area (Å²) >= 11 is 0. The summed E-state index contributed by atoms with van der Waals surface area (Å²) in [6.45, 7) is -0.191. The molecule has 20 heavy (non-hydrogen) atoms. The normalized spacial score (nSPS) is 9.80. The Morgan fingerprint density at radius 3 is 2.55 bits per heavy atom. The van der Waals surface area contributed by atoms with E-state index in [0.717, 1.165) is 0 Å². The SMILES string of the molecule is O=C(Oc1cccc(CO[N+](=O)[O-])c1)c1ccccc1. The van der Waals surface area contributed by atoms with E-state index in [0.29, 0.717) is 16.9 Å². The quantitative estimate of drug-likeness (QED) is 0.362. The molecule has 0 saturated heterocycles. The van der Waals surface area contributed by atoms with E-state index in [2.05, 4.69) is 4.84 Å². The van der Waals surface area contributed by atoms with Gasteiger partial charge in [-0.05, 0) is 29.8 Å². The van der Waals surface area contributed by atoms with Crippen molar-refractivity contribution in [2.24, 2.45) is 0 Å². The third-order valence-corrected chi connectivity index (χ3v) is 2.46. The highest BCUT2D eigenvalue weighted by Crippen LogP contribution is 2.16. The van der Waals surface area contributed by atoms with Crippen molar-refractivity contribution in [3.8, 4) is 5.75 Å². The average Bonchev–Trinajstić information content (AvgIpc) is 2.46. The molecule has 6 nitrogen and oxygen atoms in total. The molecule has 0 aromatic heterocycles. The number of rotatable bonds is 5. The van der Waals surface area contributed by atoms with Crippen LogP contribution in [0.3, 0.4) is 0 Å². The molecule has 0 N–H and O–H groups in total. The number of hydrogen-bond acceptors (Lipinski definition) is 5. The topological polar surface area (TPSA) is 78.7 Å². The van der Waals surface area contributed by atoms with Crippen LogP contribution in [0.2, 0.25) is 0 Å². The van der Waals surface area contributed by atoms with Crippen molar-refractivity contribution in [2.45, 2.75) is 6.61 Å². The van der Waals surface area contributed by atoms with E-state index in [9.17, 15) is 14.9 Å². The summed E-state index contributed by atoms with van der Waals surface area (Å²) in [5.74, 6) is -0.179. The van der Waals surface area contributed by atoms with Crippen LogP contribution in [0, 0.1) is 10.1 Å². The minimum Gasteiger partial charge on any atom is -0.423 e. The van der Waals surface area contributed by atoms with Gasteiger partial charge in [0, 0.05) is 0 Å². The Morgan fingerprint density at radius 2 is 1.85 bits per heavy atom. The maximum atomic E-state index is 11.8. The smallest absolute Gasteiger partial charge is 0.343 e. The molecule has 102 valence electrons. The highest BCUT2D eigenvalue weighted by Gasteiger charge is 2.08. The number of ether oxygens (including phenoxy) is 1. The van der Waals surface area contributed by atoms with Gasteiger partial charge in [0.2, 0.25) is 0 Å². The summed E-state index contributed by atoms with van der Waals surface area (Å²) in [6.07, 6.45) is 0. The number of benzene rings is 2. The maximum Gasteiger partial charge on any atom is 0.343 e. The van der Waals surface area contributed by atoms with E-state index in [4.69, 9.17) is 4.74 Å². The van der Waals surface area contributed by atoms with Gasteiger partial charge in [-0.2, -0.15) is 0 Å². The molecule has 0 radical (unpaired) electrons. The molecule has 0 aliphatic carbocycles. The lowest BCUT2D eigenvalue weighted by Crippen LogP contribution is -2.08. The van der Waals surface area contributed by atoms with Crippen molar-refractivity contribution < 1.29 is 19.5 Å². The van der Waals surface area contributed by atoms with E-state index >= 15 is 0 Å². The summed E-state index contributed by atoms with van der Waals surface area (Å²) in [5.41, 5.74) is 0.972. The molecule has 0 fully saturated rings. The predicted molar refractivity (Wildman–Crippen MR) is 69.6 cm³/mol. The predicted octanol–water partition coefficient (Wildman–Crippen LogP) is 2.61. The van der Waals surface area contributed by atoms with E-state index in [1.54, 1.807) is 48.5 Å². The lowest BCUT2D eigenvalue weighted by molar-refractivity contribution is -0.763. The second-order valence-corrected chi connectivity index (χ2v) is 3.90. The van der Waals surface area contributed by atoms with Crippen LogP contribution in [0.15, 0.2) is 54.6 Å². The van der Waals surface area contributed by atoms with E-state index in [1.807, 2.05) is 0 Å². The van der Waals surface area contributed by atoms with Crippen LogP contribution in [0.25, 0.3) is 0 Å². The lowest BCUT2D eigenvalue weighted by Gasteiger charge is -2.06. The maximum absolute atomic E-state index is 11.8. The zero-order chi connectivity index (χ0) is 14.4. The third kappa shape index (κ3) is 3.81. The Bertz CT molecular complexity index is 612. The van der Waals surface area contributed by atoms with E-state index in [-0.39, 0.29) is 6.61 Å². The van der Waals surface area contributed by atoms with Crippen molar-refractivity contribution in [3.05, 3.63) is 75.8 Å². The summed E-state index contributed by atoms with van der Waals surface area (Å²) in [5, 5.41) is 9.25. The fourth-order valence-corrected chi connectivity index (χ4v) is 1.57. The fraction of sp³-hybridized carbons (Fsp3) is 0.0714. The van der Waals surface area contributed by atoms with Crippen molar-refractivity contribution in [3.63, 3.8) is 0 Å². The molecule has 2 rings (SSSR count). The average molecular weight is 273 g/mol. The summed E-state index contributed by atoms with van der Waals surface area (Å²) in [6, 6.07) is 14.9. The molecule has 0 amide bonds. The van der Waals surface area contributed by atoms with Crippen LogP contribution in [0.1, 0.15) is 15.9 Å². The van der Waals surface area contributed by atoms with Crippen LogP contribution in [0.4, 0.5) is 0 Å². The highest BCUT2D eigenvalue weighted by molar-refractivity contribution is 5.90. The van der Waals surface area contributed by atoms with Gasteiger partial charge in [-0.1, -0.05) is 30.3 Å². The van der Waals surface area contributed by atoms with Crippen molar-refractivity contribution in [2.75, 3.05) is 0 Å². The van der Waals surface area contributed by atoms with Crippen molar-refractivity contribution in [1.82, 2.24) is 0 Å². The molecule has 0 saturated carbocycles. The van der Waals surface area contributed by atoms with Gasteiger partial charge >= 0.3 is 5.97 Å². The minimum absolute atomic E-state index is 0.191. The molecule has 0 heterocycles. The first-order valence-corrected chi connectivity index (χ1v) is 5.78. The molecule has 0 bridgehead atoms. The van der Waals surface area contributed by atoms with Crippen LogP contribution in [-0.2, 0) is 11.4 Å². The van der Waals surface area contributed by atoms with Gasteiger partial charge < -0.3 is 9.57 Å². The monoisotopic (exact) mass is 273 g/mol. The highest BCUT2D eigenvalue weighted by atomic mass is 16.9. The Morgan fingerprint density at radius 1 is 1.10 bits per heavy atom. The van der Waals surface area contributed by atoms with E-state index in [1.165, 1.54) is 6.07 Å². The van der Waals surface area contributed by atoms with Crippen molar-refractivity contribution >= 4 is 5.97 Å². The van der Waals surface area contributed by atoms with Crippen LogP contribution in [0.5, 0.6) is 5.75 Å². The zero-order valence-electron chi connectivity index (χ0n) is 10.4.